The summed E-state index contributed by atoms with van der Waals surface area (Å²) in [5.74, 6) is -0.00536. The molecule has 29 heavy (non-hydrogen) atoms. The van der Waals surface area contributed by atoms with E-state index in [1.165, 1.54) is 5.56 Å². The van der Waals surface area contributed by atoms with E-state index >= 15 is 0 Å². The minimum atomic E-state index is -0.00536. The molecule has 0 aromatic heterocycles. The molecule has 0 unspecified atom stereocenters. The molecule has 1 amide bonds. The number of hydrogen-bond acceptors (Lipinski definition) is 3. The molecule has 2 aromatic rings. The third-order valence-corrected chi connectivity index (χ3v) is 5.37. The zero-order valence-corrected chi connectivity index (χ0v) is 17.4. The molecule has 0 atom stereocenters. The second-order valence-corrected chi connectivity index (χ2v) is 7.56. The van der Waals surface area contributed by atoms with E-state index in [-0.39, 0.29) is 11.9 Å². The van der Waals surface area contributed by atoms with Gasteiger partial charge in [0.1, 0.15) is 0 Å². The van der Waals surface area contributed by atoms with Crippen LogP contribution in [-0.2, 0) is 16.1 Å². The molecule has 154 valence electrons. The lowest BCUT2D eigenvalue weighted by molar-refractivity contribution is -0.115. The average molecular weight is 393 g/mol. The second kappa shape index (κ2) is 11.4. The Kier molecular flexibility index (Phi) is 8.32. The predicted molar refractivity (Wildman–Crippen MR) is 119 cm³/mol. The summed E-state index contributed by atoms with van der Waals surface area (Å²) < 4.78 is 5.47. The van der Waals surface area contributed by atoms with Gasteiger partial charge in [0.2, 0.25) is 0 Å². The highest BCUT2D eigenvalue weighted by atomic mass is 16.5. The first kappa shape index (κ1) is 21.1. The lowest BCUT2D eigenvalue weighted by Gasteiger charge is -2.38. The van der Waals surface area contributed by atoms with Crippen LogP contribution in [0.2, 0.25) is 0 Å². The zero-order chi connectivity index (χ0) is 20.3. The molecule has 4 heteroatoms. The van der Waals surface area contributed by atoms with Crippen LogP contribution in [0.5, 0.6) is 0 Å². The highest BCUT2D eigenvalue weighted by molar-refractivity contribution is 6.01. The molecule has 4 nitrogen and oxygen atoms in total. The number of nitrogens with zero attached hydrogens (tertiary/aromatic N) is 2. The summed E-state index contributed by atoms with van der Waals surface area (Å²) in [4.78, 5) is 17.4. The van der Waals surface area contributed by atoms with E-state index in [9.17, 15) is 4.79 Å². The molecular formula is C25H32N2O2. The van der Waals surface area contributed by atoms with Crippen molar-refractivity contribution in [1.82, 2.24) is 4.90 Å². The molecule has 0 saturated carbocycles. The Morgan fingerprint density at radius 1 is 1.07 bits per heavy atom. The molecule has 0 N–H and O–H groups in total. The minimum Gasteiger partial charge on any atom is -0.501 e. The highest BCUT2D eigenvalue weighted by Gasteiger charge is 2.28. The third-order valence-electron chi connectivity index (χ3n) is 5.37. The van der Waals surface area contributed by atoms with Crippen LogP contribution in [0.25, 0.3) is 0 Å². The number of carbonyl (C=O) groups is 1. The van der Waals surface area contributed by atoms with Crippen LogP contribution in [0.15, 0.2) is 73.0 Å². The molecular weight excluding hydrogens is 360 g/mol. The quantitative estimate of drug-likeness (QED) is 0.341. The fraction of sp³-hybridized carbons (Fsp3) is 0.400. The fourth-order valence-corrected chi connectivity index (χ4v) is 3.77. The average Bonchev–Trinajstić information content (AvgIpc) is 2.76. The minimum absolute atomic E-state index is 0.00536. The fourth-order valence-electron chi connectivity index (χ4n) is 3.77. The number of anilines is 1. The highest BCUT2D eigenvalue weighted by Crippen LogP contribution is 2.25. The Bertz CT molecular complexity index is 753. The molecule has 0 aliphatic carbocycles. The van der Waals surface area contributed by atoms with Gasteiger partial charge in [-0.3, -0.25) is 9.69 Å². The van der Waals surface area contributed by atoms with E-state index in [0.29, 0.717) is 6.61 Å². The van der Waals surface area contributed by atoms with Crippen LogP contribution in [0.1, 0.15) is 38.2 Å². The molecule has 1 heterocycles. The lowest BCUT2D eigenvalue weighted by atomic mass is 10.0. The van der Waals surface area contributed by atoms with Gasteiger partial charge in [0.25, 0.3) is 5.91 Å². The Labute approximate surface area is 174 Å². The molecule has 1 fully saturated rings. The van der Waals surface area contributed by atoms with Crippen LogP contribution in [0.4, 0.5) is 5.69 Å². The Hall–Kier alpha value is -2.59. The summed E-state index contributed by atoms with van der Waals surface area (Å²) in [6.07, 6.45) is 7.15. The van der Waals surface area contributed by atoms with Crippen LogP contribution in [0.3, 0.4) is 0 Å². The number of para-hydroxylation sites is 1. The molecule has 1 saturated heterocycles. The van der Waals surface area contributed by atoms with Gasteiger partial charge in [-0.15, -0.1) is 0 Å². The summed E-state index contributed by atoms with van der Waals surface area (Å²) in [6.45, 7) is 5.74. The monoisotopic (exact) mass is 392 g/mol. The number of carbonyl (C=O) groups excluding carboxylic acids is 1. The van der Waals surface area contributed by atoms with Crippen LogP contribution in [0, 0.1) is 0 Å². The number of benzene rings is 2. The predicted octanol–water partition coefficient (Wildman–Crippen LogP) is 5.01. The SMILES string of the molecule is CCCCOC=CC(=O)N(c1ccccc1)C1CCN(Cc2ccccc2)CC1. The number of unbranched alkanes of at least 4 members (excludes halogenated alkanes) is 1. The van der Waals surface area contributed by atoms with E-state index in [0.717, 1.165) is 51.0 Å². The summed E-state index contributed by atoms with van der Waals surface area (Å²) in [5, 5.41) is 0. The van der Waals surface area contributed by atoms with Gasteiger partial charge in [0.05, 0.1) is 12.9 Å². The van der Waals surface area contributed by atoms with Crippen molar-refractivity contribution in [3.8, 4) is 0 Å². The summed E-state index contributed by atoms with van der Waals surface area (Å²) in [6, 6.07) is 20.8. The van der Waals surface area contributed by atoms with Crippen LogP contribution >= 0.6 is 0 Å². The number of rotatable bonds is 9. The van der Waals surface area contributed by atoms with Crippen molar-refractivity contribution in [3.63, 3.8) is 0 Å². The molecule has 0 spiro atoms. The van der Waals surface area contributed by atoms with Gasteiger partial charge < -0.3 is 9.64 Å². The normalized spacial score (nSPS) is 15.5. The molecule has 0 bridgehead atoms. The van der Waals surface area contributed by atoms with Crippen molar-refractivity contribution >= 4 is 11.6 Å². The van der Waals surface area contributed by atoms with Gasteiger partial charge in [-0.1, -0.05) is 61.9 Å². The Morgan fingerprint density at radius 2 is 1.72 bits per heavy atom. The summed E-state index contributed by atoms with van der Waals surface area (Å²) >= 11 is 0. The van der Waals surface area contributed by atoms with Gasteiger partial charge in [0, 0.05) is 37.4 Å². The maximum atomic E-state index is 13.0. The van der Waals surface area contributed by atoms with E-state index in [4.69, 9.17) is 4.74 Å². The van der Waals surface area contributed by atoms with Gasteiger partial charge in [-0.05, 0) is 37.0 Å². The van der Waals surface area contributed by atoms with Crippen LogP contribution in [-0.4, -0.2) is 36.5 Å². The van der Waals surface area contributed by atoms with Crippen molar-refractivity contribution in [2.45, 2.75) is 45.2 Å². The molecule has 0 radical (unpaired) electrons. The van der Waals surface area contributed by atoms with Crippen molar-refractivity contribution in [1.29, 1.82) is 0 Å². The molecule has 1 aliphatic rings. The lowest BCUT2D eigenvalue weighted by Crippen LogP contribution is -2.47. The molecule has 1 aliphatic heterocycles. The van der Waals surface area contributed by atoms with E-state index in [2.05, 4.69) is 42.2 Å². The van der Waals surface area contributed by atoms with Crippen molar-refractivity contribution in [3.05, 3.63) is 78.6 Å². The first-order valence-electron chi connectivity index (χ1n) is 10.7. The second-order valence-electron chi connectivity index (χ2n) is 7.56. The van der Waals surface area contributed by atoms with Crippen molar-refractivity contribution in [2.75, 3.05) is 24.6 Å². The molecule has 3 rings (SSSR count). The topological polar surface area (TPSA) is 32.8 Å². The Morgan fingerprint density at radius 3 is 2.38 bits per heavy atom. The number of piperidine rings is 1. The maximum absolute atomic E-state index is 13.0. The van der Waals surface area contributed by atoms with Crippen molar-refractivity contribution in [2.24, 2.45) is 0 Å². The number of likely N-dealkylation sites (tertiary alicyclic amines) is 1. The number of ether oxygens (including phenoxy) is 1. The smallest absolute Gasteiger partial charge is 0.254 e. The van der Waals surface area contributed by atoms with Gasteiger partial charge >= 0.3 is 0 Å². The first-order valence-corrected chi connectivity index (χ1v) is 10.7. The van der Waals surface area contributed by atoms with Crippen molar-refractivity contribution < 1.29 is 9.53 Å². The summed E-state index contributed by atoms with van der Waals surface area (Å²) in [5.41, 5.74) is 2.30. The zero-order valence-electron chi connectivity index (χ0n) is 17.4. The summed E-state index contributed by atoms with van der Waals surface area (Å²) in [7, 11) is 0. The standard InChI is InChI=1S/C25H32N2O2/c1-2-3-19-29-20-16-25(28)27(23-12-8-5-9-13-23)24-14-17-26(18-15-24)21-22-10-6-4-7-11-22/h4-13,16,20,24H,2-3,14-15,17-19,21H2,1H3. The van der Waals surface area contributed by atoms with Gasteiger partial charge in [0.15, 0.2) is 0 Å². The van der Waals surface area contributed by atoms with Gasteiger partial charge in [-0.2, -0.15) is 0 Å². The Balaban J connectivity index is 1.62. The largest absolute Gasteiger partial charge is 0.501 e. The van der Waals surface area contributed by atoms with Crippen LogP contribution < -0.4 is 4.90 Å². The number of hydrogen-bond donors (Lipinski definition) is 0. The van der Waals surface area contributed by atoms with E-state index in [1.807, 2.05) is 35.2 Å². The van der Waals surface area contributed by atoms with Gasteiger partial charge in [-0.25, -0.2) is 0 Å². The number of amides is 1. The molecule has 2 aromatic carbocycles. The van der Waals surface area contributed by atoms with E-state index < -0.39 is 0 Å². The first-order chi connectivity index (χ1) is 14.3. The third kappa shape index (κ3) is 6.47. The maximum Gasteiger partial charge on any atom is 0.254 e. The van der Waals surface area contributed by atoms with E-state index in [1.54, 1.807) is 12.3 Å².